The molecule has 0 atom stereocenters. The monoisotopic (exact) mass is 321 g/mol. The summed E-state index contributed by atoms with van der Waals surface area (Å²) in [6.45, 7) is 0. The number of anilines is 1. The number of nitrogens with one attached hydrogen (secondary N) is 1. The highest BCUT2D eigenvalue weighted by molar-refractivity contribution is 9.10. The van der Waals surface area contributed by atoms with Crippen molar-refractivity contribution in [1.29, 1.82) is 0 Å². The third-order valence-electron chi connectivity index (χ3n) is 2.18. The van der Waals surface area contributed by atoms with E-state index in [1.54, 1.807) is 7.05 Å². The topological polar surface area (TPSA) is 51.0 Å². The predicted octanol–water partition coefficient (Wildman–Crippen LogP) is 3.56. The fraction of sp³-hybridized carbons (Fsp3) is 0.200. The van der Waals surface area contributed by atoms with Gasteiger partial charge in [-0.25, -0.2) is 0 Å². The Morgan fingerprint density at radius 1 is 1.33 bits per heavy atom. The number of nitrogens with zero attached hydrogens (tertiary/aromatic N) is 2. The molecule has 0 unspecified atom stereocenters. The van der Waals surface area contributed by atoms with E-state index in [1.165, 1.54) is 6.07 Å². The number of halogens is 4. The summed E-state index contributed by atoms with van der Waals surface area (Å²) in [6, 6.07) is 3.21. The smallest absolute Gasteiger partial charge is 0.355 e. The minimum atomic E-state index is -4.38. The van der Waals surface area contributed by atoms with Crippen molar-refractivity contribution < 1.29 is 17.7 Å². The molecule has 0 aliphatic carbocycles. The lowest BCUT2D eigenvalue weighted by Crippen LogP contribution is -2.04. The van der Waals surface area contributed by atoms with Gasteiger partial charge in [-0.3, -0.25) is 0 Å². The van der Waals surface area contributed by atoms with Crippen LogP contribution in [0.4, 0.5) is 19.1 Å². The van der Waals surface area contributed by atoms with Crippen LogP contribution in [-0.4, -0.2) is 17.2 Å². The summed E-state index contributed by atoms with van der Waals surface area (Å²) in [5.74, 6) is 0.400. The molecule has 0 radical (unpaired) electrons. The van der Waals surface area contributed by atoms with Crippen LogP contribution in [0, 0.1) is 0 Å². The third kappa shape index (κ3) is 2.47. The van der Waals surface area contributed by atoms with Crippen molar-refractivity contribution >= 4 is 21.9 Å². The number of benzene rings is 1. The Kier molecular flexibility index (Phi) is 3.29. The first kappa shape index (κ1) is 12.9. The molecule has 1 aromatic heterocycles. The Hall–Kier alpha value is -1.57. The second-order valence-electron chi connectivity index (χ2n) is 3.37. The maximum atomic E-state index is 12.5. The molecule has 4 nitrogen and oxygen atoms in total. The first-order valence-electron chi connectivity index (χ1n) is 4.80. The van der Waals surface area contributed by atoms with Gasteiger partial charge in [-0.2, -0.15) is 18.2 Å². The van der Waals surface area contributed by atoms with Gasteiger partial charge < -0.3 is 9.84 Å². The first-order chi connectivity index (χ1) is 8.41. The van der Waals surface area contributed by atoms with E-state index >= 15 is 0 Å². The third-order valence-corrected chi connectivity index (χ3v) is 2.83. The van der Waals surface area contributed by atoms with Crippen molar-refractivity contribution in [1.82, 2.24) is 10.1 Å². The number of hydrogen-bond donors (Lipinski definition) is 1. The Bertz CT molecular complexity index is 568. The van der Waals surface area contributed by atoms with Crippen LogP contribution in [0.2, 0.25) is 0 Å². The van der Waals surface area contributed by atoms with Crippen molar-refractivity contribution in [3.05, 3.63) is 28.2 Å². The van der Waals surface area contributed by atoms with Gasteiger partial charge in [0.05, 0.1) is 11.1 Å². The molecule has 1 N–H and O–H groups in total. The van der Waals surface area contributed by atoms with Gasteiger partial charge >= 0.3 is 6.18 Å². The zero-order chi connectivity index (χ0) is 13.3. The highest BCUT2D eigenvalue weighted by Gasteiger charge is 2.31. The van der Waals surface area contributed by atoms with E-state index in [-0.39, 0.29) is 16.3 Å². The molecule has 2 aromatic rings. The highest BCUT2D eigenvalue weighted by Crippen LogP contribution is 2.35. The molecule has 0 fully saturated rings. The Morgan fingerprint density at radius 3 is 2.56 bits per heavy atom. The zero-order valence-electron chi connectivity index (χ0n) is 9.05. The lowest BCUT2D eigenvalue weighted by atomic mass is 10.1. The SMILES string of the molecule is CNc1noc(-c2ccc(C(F)(F)F)cc2Br)n1. The van der Waals surface area contributed by atoms with Gasteiger partial charge in [0.25, 0.3) is 11.8 Å². The predicted molar refractivity (Wildman–Crippen MR) is 62.0 cm³/mol. The molecular formula is C10H7BrF3N3O. The Labute approximate surface area is 108 Å². The molecule has 0 aliphatic heterocycles. The summed E-state index contributed by atoms with van der Waals surface area (Å²) in [5.41, 5.74) is -0.344. The standard InChI is InChI=1S/C10H7BrF3N3O/c1-15-9-16-8(18-17-9)6-3-2-5(4-7(6)11)10(12,13)14/h2-4H,1H3,(H,15,17). The number of aromatic nitrogens is 2. The summed E-state index contributed by atoms with van der Waals surface area (Å²) < 4.78 is 42.6. The Morgan fingerprint density at radius 2 is 2.06 bits per heavy atom. The molecule has 0 aliphatic rings. The summed E-state index contributed by atoms with van der Waals surface area (Å²) in [6.07, 6.45) is -4.38. The minimum absolute atomic E-state index is 0.139. The van der Waals surface area contributed by atoms with E-state index in [0.29, 0.717) is 5.56 Å². The van der Waals surface area contributed by atoms with E-state index in [2.05, 4.69) is 31.4 Å². The molecule has 18 heavy (non-hydrogen) atoms. The van der Waals surface area contributed by atoms with Crippen molar-refractivity contribution in [2.24, 2.45) is 0 Å². The van der Waals surface area contributed by atoms with Crippen molar-refractivity contribution in [3.8, 4) is 11.5 Å². The molecule has 1 aromatic carbocycles. The molecule has 0 saturated heterocycles. The molecule has 8 heteroatoms. The first-order valence-corrected chi connectivity index (χ1v) is 5.59. The van der Waals surface area contributed by atoms with Crippen LogP contribution in [0.25, 0.3) is 11.5 Å². The minimum Gasteiger partial charge on any atom is -0.355 e. The second-order valence-corrected chi connectivity index (χ2v) is 4.22. The van der Waals surface area contributed by atoms with Gasteiger partial charge in [-0.05, 0) is 39.3 Å². The average Bonchev–Trinajstić information content (AvgIpc) is 2.76. The van der Waals surface area contributed by atoms with Gasteiger partial charge in [-0.1, -0.05) is 0 Å². The fourth-order valence-corrected chi connectivity index (χ4v) is 1.85. The van der Waals surface area contributed by atoms with Gasteiger partial charge in [0.1, 0.15) is 0 Å². The number of hydrogen-bond acceptors (Lipinski definition) is 4. The van der Waals surface area contributed by atoms with E-state index < -0.39 is 11.7 Å². The Balaban J connectivity index is 2.41. The summed E-state index contributed by atoms with van der Waals surface area (Å²) in [7, 11) is 1.61. The normalized spacial score (nSPS) is 11.6. The van der Waals surface area contributed by atoms with Crippen LogP contribution in [0.1, 0.15) is 5.56 Å². The summed E-state index contributed by atoms with van der Waals surface area (Å²) in [5, 5.41) is 6.24. The quantitative estimate of drug-likeness (QED) is 0.918. The van der Waals surface area contributed by atoms with E-state index in [9.17, 15) is 13.2 Å². The van der Waals surface area contributed by atoms with E-state index in [0.717, 1.165) is 12.1 Å². The lowest BCUT2D eigenvalue weighted by molar-refractivity contribution is -0.137. The van der Waals surface area contributed by atoms with Crippen molar-refractivity contribution in [2.45, 2.75) is 6.18 Å². The molecule has 0 amide bonds. The molecule has 96 valence electrons. The van der Waals surface area contributed by atoms with Crippen LogP contribution in [0.5, 0.6) is 0 Å². The van der Waals surface area contributed by atoms with Crippen LogP contribution < -0.4 is 5.32 Å². The van der Waals surface area contributed by atoms with Gasteiger partial charge in [-0.15, -0.1) is 0 Å². The maximum absolute atomic E-state index is 12.5. The zero-order valence-corrected chi connectivity index (χ0v) is 10.6. The molecule has 0 spiro atoms. The molecule has 1 heterocycles. The second kappa shape index (κ2) is 4.60. The van der Waals surface area contributed by atoms with Crippen LogP contribution >= 0.6 is 15.9 Å². The van der Waals surface area contributed by atoms with Crippen LogP contribution in [-0.2, 0) is 6.18 Å². The number of alkyl halides is 3. The lowest BCUT2D eigenvalue weighted by Gasteiger charge is -2.07. The average molecular weight is 322 g/mol. The van der Waals surface area contributed by atoms with Crippen LogP contribution in [0.3, 0.4) is 0 Å². The van der Waals surface area contributed by atoms with Crippen molar-refractivity contribution in [3.63, 3.8) is 0 Å². The summed E-state index contributed by atoms with van der Waals surface area (Å²) in [4.78, 5) is 3.95. The number of rotatable bonds is 2. The van der Waals surface area contributed by atoms with Crippen LogP contribution in [0.15, 0.2) is 27.2 Å². The molecule has 2 rings (SSSR count). The van der Waals surface area contributed by atoms with Gasteiger partial charge in [0, 0.05) is 11.5 Å². The molecule has 0 saturated carbocycles. The molecular weight excluding hydrogens is 315 g/mol. The van der Waals surface area contributed by atoms with E-state index in [1.807, 2.05) is 0 Å². The van der Waals surface area contributed by atoms with E-state index in [4.69, 9.17) is 4.52 Å². The largest absolute Gasteiger partial charge is 0.416 e. The fourth-order valence-electron chi connectivity index (χ4n) is 1.30. The summed E-state index contributed by atoms with van der Waals surface area (Å²) >= 11 is 3.06. The maximum Gasteiger partial charge on any atom is 0.416 e. The highest BCUT2D eigenvalue weighted by atomic mass is 79.9. The van der Waals surface area contributed by atoms with Crippen molar-refractivity contribution in [2.75, 3.05) is 12.4 Å². The van der Waals surface area contributed by atoms with Gasteiger partial charge in [0.15, 0.2) is 0 Å². The van der Waals surface area contributed by atoms with Gasteiger partial charge in [0.2, 0.25) is 0 Å². The molecule has 0 bridgehead atoms.